The zero-order chi connectivity index (χ0) is 39.4. The highest BCUT2D eigenvalue weighted by Crippen LogP contribution is 2.33. The predicted octanol–water partition coefficient (Wildman–Crippen LogP) is 7.86. The molecule has 12 heteroatoms. The normalized spacial score (nSPS) is 13.3. The Morgan fingerprint density at radius 2 is 1.60 bits per heavy atom. The second kappa shape index (κ2) is 22.9. The van der Waals surface area contributed by atoms with E-state index in [4.69, 9.17) is 23.9 Å². The Balaban J connectivity index is 1.37. The molecule has 2 heterocycles. The number of carbonyl (C=O) groups is 1. The maximum Gasteiger partial charge on any atom is 0.251 e. The van der Waals surface area contributed by atoms with Crippen LogP contribution in [0.4, 0.5) is 5.69 Å². The first kappa shape index (κ1) is 43.4. The number of nitrogens with one attached hydrogen (secondary N) is 4. The van der Waals surface area contributed by atoms with Crippen molar-refractivity contribution in [2.45, 2.75) is 96.7 Å². The van der Waals surface area contributed by atoms with Crippen LogP contribution in [0.3, 0.4) is 0 Å². The first-order chi connectivity index (χ1) is 26.6. The molecule has 0 fully saturated rings. The number of nitrogens with zero attached hydrogens (tertiary/aromatic N) is 3. The van der Waals surface area contributed by atoms with Crippen molar-refractivity contribution in [3.8, 4) is 17.1 Å². The van der Waals surface area contributed by atoms with Crippen LogP contribution in [-0.4, -0.2) is 84.9 Å². The first-order valence-corrected chi connectivity index (χ1v) is 19.8. The van der Waals surface area contributed by atoms with E-state index in [1.807, 2.05) is 95.4 Å². The summed E-state index contributed by atoms with van der Waals surface area (Å²) in [5.41, 5.74) is 2.18. The van der Waals surface area contributed by atoms with Crippen LogP contribution in [0.25, 0.3) is 11.4 Å². The first-order valence-electron chi connectivity index (χ1n) is 19.8. The highest BCUT2D eigenvalue weighted by atomic mass is 16.5. The van der Waals surface area contributed by atoms with E-state index >= 15 is 0 Å². The molecule has 0 saturated carbocycles. The Bertz CT molecular complexity index is 1680. The smallest absolute Gasteiger partial charge is 0.251 e. The predicted molar refractivity (Wildman–Crippen MR) is 218 cm³/mol. The molecule has 55 heavy (non-hydrogen) atoms. The number of benzene rings is 2. The zero-order valence-corrected chi connectivity index (χ0v) is 33.8. The average Bonchev–Trinajstić information content (AvgIpc) is 3.69. The molecule has 0 aliphatic rings. The lowest BCUT2D eigenvalue weighted by Crippen LogP contribution is -2.41. The molecule has 1 amide bonds. The fourth-order valence-electron chi connectivity index (χ4n) is 6.09. The van der Waals surface area contributed by atoms with Crippen LogP contribution in [0.5, 0.6) is 5.75 Å². The van der Waals surface area contributed by atoms with Crippen molar-refractivity contribution in [2.75, 3.05) is 58.6 Å². The van der Waals surface area contributed by atoms with Crippen LogP contribution in [0.15, 0.2) is 73.1 Å². The Morgan fingerprint density at radius 1 is 0.855 bits per heavy atom. The van der Waals surface area contributed by atoms with Crippen molar-refractivity contribution in [1.82, 2.24) is 30.8 Å². The van der Waals surface area contributed by atoms with E-state index in [0.717, 1.165) is 67.9 Å². The van der Waals surface area contributed by atoms with Gasteiger partial charge in [0.05, 0.1) is 31.5 Å². The lowest BCUT2D eigenvalue weighted by atomic mass is 9.89. The van der Waals surface area contributed by atoms with Crippen molar-refractivity contribution in [2.24, 2.45) is 0 Å². The minimum Gasteiger partial charge on any atom is -0.494 e. The van der Waals surface area contributed by atoms with Gasteiger partial charge in [0.15, 0.2) is 11.6 Å². The summed E-state index contributed by atoms with van der Waals surface area (Å²) in [6.07, 6.45) is 9.98. The number of amides is 1. The third kappa shape index (κ3) is 15.0. The Morgan fingerprint density at radius 3 is 2.35 bits per heavy atom. The maximum absolute atomic E-state index is 13.7. The number of carbonyl (C=O) groups excluding carboxylic acids is 1. The van der Waals surface area contributed by atoms with Crippen LogP contribution in [-0.2, 0) is 19.7 Å². The van der Waals surface area contributed by atoms with Crippen LogP contribution >= 0.6 is 0 Å². The lowest BCUT2D eigenvalue weighted by Gasteiger charge is -2.35. The summed E-state index contributed by atoms with van der Waals surface area (Å²) in [6.45, 7) is 15.0. The van der Waals surface area contributed by atoms with E-state index in [-0.39, 0.29) is 17.6 Å². The molecule has 0 saturated heterocycles. The van der Waals surface area contributed by atoms with Crippen LogP contribution < -0.4 is 20.7 Å². The number of anilines is 1. The monoisotopic (exact) mass is 757 g/mol. The Hall–Kier alpha value is -4.36. The Labute approximate surface area is 327 Å². The molecule has 1 unspecified atom stereocenters. The molecule has 0 bridgehead atoms. The summed E-state index contributed by atoms with van der Waals surface area (Å²) in [6, 6.07) is 19.1. The van der Waals surface area contributed by atoms with Crippen molar-refractivity contribution in [3.05, 3.63) is 90.0 Å². The van der Waals surface area contributed by atoms with Crippen molar-refractivity contribution in [1.29, 1.82) is 0 Å². The van der Waals surface area contributed by atoms with Gasteiger partial charge >= 0.3 is 0 Å². The number of aromatic nitrogens is 4. The van der Waals surface area contributed by atoms with E-state index in [1.54, 1.807) is 12.4 Å². The van der Waals surface area contributed by atoms with Gasteiger partial charge in [0.1, 0.15) is 11.3 Å². The SMILES string of the molecule is CCCOCCOCCCCCCOc1cccc([C@@H](C)NC(=O)c2cccc(NC(CCNC)(CCOC(C)(C)C)c3nc(-c4ccncc4)n[nH]3)c2)c1. The zero-order valence-electron chi connectivity index (χ0n) is 33.8. The number of hydrogen-bond donors (Lipinski definition) is 4. The largest absolute Gasteiger partial charge is 0.494 e. The molecule has 0 spiro atoms. The van der Waals surface area contributed by atoms with E-state index < -0.39 is 5.54 Å². The van der Waals surface area contributed by atoms with Gasteiger partial charge in [-0.2, -0.15) is 5.10 Å². The third-order valence-electron chi connectivity index (χ3n) is 9.13. The molecule has 300 valence electrons. The molecule has 0 aliphatic carbocycles. The van der Waals surface area contributed by atoms with Crippen molar-refractivity contribution in [3.63, 3.8) is 0 Å². The highest BCUT2D eigenvalue weighted by molar-refractivity contribution is 5.95. The van der Waals surface area contributed by atoms with Gasteiger partial charge in [-0.3, -0.25) is 14.9 Å². The van der Waals surface area contributed by atoms with Crippen LogP contribution in [0, 0.1) is 0 Å². The molecule has 4 rings (SSSR count). The van der Waals surface area contributed by atoms with Crippen molar-refractivity contribution < 1.29 is 23.7 Å². The summed E-state index contributed by atoms with van der Waals surface area (Å²) in [7, 11) is 1.93. The van der Waals surface area contributed by atoms with E-state index in [9.17, 15) is 4.79 Å². The molecule has 0 aliphatic heterocycles. The number of pyridine rings is 1. The fraction of sp³-hybridized carbons (Fsp3) is 0.535. The molecule has 0 radical (unpaired) electrons. The van der Waals surface area contributed by atoms with Gasteiger partial charge in [-0.15, -0.1) is 0 Å². The van der Waals surface area contributed by atoms with Crippen LogP contribution in [0.1, 0.15) is 107 Å². The summed E-state index contributed by atoms with van der Waals surface area (Å²) >= 11 is 0. The lowest BCUT2D eigenvalue weighted by molar-refractivity contribution is -0.0113. The molecule has 4 N–H and O–H groups in total. The summed E-state index contributed by atoms with van der Waals surface area (Å²) in [4.78, 5) is 22.8. The molecule has 2 atom stereocenters. The standard InChI is InChI=1S/C43H63N7O5/c1-7-25-52-29-30-53-26-10-8-9-11-27-54-38-17-13-14-35(32-38)33(2)46-40(51)36-15-12-16-37(31-36)48-43(20-24-44-6,21-28-55-42(3,4)5)41-47-39(49-50-41)34-18-22-45-23-19-34/h12-19,22-23,31-33,44,48H,7-11,20-21,24-30H2,1-6H3,(H,46,51)(H,47,49,50)/t33-,43?/m1/s1. The quantitative estimate of drug-likeness (QED) is 0.0468. The van der Waals surface area contributed by atoms with Crippen LogP contribution in [0.2, 0.25) is 0 Å². The minimum atomic E-state index is -0.687. The number of unbranched alkanes of at least 4 members (excludes halogenated alkanes) is 3. The number of H-pyrrole nitrogens is 1. The molecule has 4 aromatic rings. The number of hydrogen-bond acceptors (Lipinski definition) is 10. The van der Waals surface area contributed by atoms with E-state index in [0.29, 0.717) is 63.0 Å². The third-order valence-corrected chi connectivity index (χ3v) is 9.13. The van der Waals surface area contributed by atoms with Gasteiger partial charge in [0.25, 0.3) is 5.91 Å². The number of rotatable bonds is 26. The molecule has 2 aromatic heterocycles. The fourth-order valence-corrected chi connectivity index (χ4v) is 6.09. The molecule has 12 nitrogen and oxygen atoms in total. The number of ether oxygens (including phenoxy) is 4. The molecule has 2 aromatic carbocycles. The summed E-state index contributed by atoms with van der Waals surface area (Å²) in [5, 5.41) is 18.0. The van der Waals surface area contributed by atoms with Gasteiger partial charge in [0.2, 0.25) is 0 Å². The second-order valence-electron chi connectivity index (χ2n) is 14.9. The van der Waals surface area contributed by atoms with E-state index in [1.165, 1.54) is 0 Å². The number of aromatic amines is 1. The molecular formula is C43H63N7O5. The summed E-state index contributed by atoms with van der Waals surface area (Å²) in [5.74, 6) is 1.90. The van der Waals surface area contributed by atoms with E-state index in [2.05, 4.69) is 38.1 Å². The highest BCUT2D eigenvalue weighted by Gasteiger charge is 2.36. The average molecular weight is 758 g/mol. The maximum atomic E-state index is 13.7. The van der Waals surface area contributed by atoms with Gasteiger partial charge < -0.3 is 34.9 Å². The Kier molecular flexibility index (Phi) is 18.0. The second-order valence-corrected chi connectivity index (χ2v) is 14.9. The molecular weight excluding hydrogens is 695 g/mol. The van der Waals surface area contributed by atoms with Gasteiger partial charge in [-0.25, -0.2) is 4.98 Å². The van der Waals surface area contributed by atoms with Gasteiger partial charge in [-0.05, 0) is 121 Å². The van der Waals surface area contributed by atoms with Gasteiger partial charge in [-0.1, -0.05) is 31.5 Å². The van der Waals surface area contributed by atoms with Gasteiger partial charge in [0, 0.05) is 55.4 Å². The van der Waals surface area contributed by atoms with Crippen molar-refractivity contribution >= 4 is 11.6 Å². The minimum absolute atomic E-state index is 0.170. The topological polar surface area (TPSA) is 145 Å². The summed E-state index contributed by atoms with van der Waals surface area (Å²) < 4.78 is 23.4.